The van der Waals surface area contributed by atoms with E-state index >= 15 is 0 Å². The zero-order chi connectivity index (χ0) is 20.2. The summed E-state index contributed by atoms with van der Waals surface area (Å²) in [5.74, 6) is 0.545. The van der Waals surface area contributed by atoms with E-state index in [1.807, 2.05) is 12.3 Å². The highest BCUT2D eigenvalue weighted by molar-refractivity contribution is 5.89. The van der Waals surface area contributed by atoms with Gasteiger partial charge in [-0.2, -0.15) is 0 Å². The van der Waals surface area contributed by atoms with Crippen LogP contribution in [0.4, 0.5) is 0 Å². The number of carbonyl (C=O) groups excluding carboxylic acids is 2. The summed E-state index contributed by atoms with van der Waals surface area (Å²) < 4.78 is 0. The van der Waals surface area contributed by atoms with E-state index in [9.17, 15) is 9.59 Å². The van der Waals surface area contributed by atoms with Gasteiger partial charge in [0.25, 0.3) is 0 Å². The van der Waals surface area contributed by atoms with Crippen LogP contribution >= 0.6 is 0 Å². The van der Waals surface area contributed by atoms with Gasteiger partial charge in [0.05, 0.1) is 11.7 Å². The number of ketones is 1. The van der Waals surface area contributed by atoms with Crippen molar-refractivity contribution < 1.29 is 9.59 Å². The van der Waals surface area contributed by atoms with Crippen LogP contribution in [0.3, 0.4) is 0 Å². The summed E-state index contributed by atoms with van der Waals surface area (Å²) in [5.41, 5.74) is 4.64. The third kappa shape index (κ3) is 4.64. The number of rotatable bonds is 7. The van der Waals surface area contributed by atoms with Crippen LogP contribution in [0.2, 0.25) is 0 Å². The molecule has 2 aliphatic rings. The number of amides is 1. The van der Waals surface area contributed by atoms with Gasteiger partial charge in [0.1, 0.15) is 0 Å². The van der Waals surface area contributed by atoms with Crippen LogP contribution in [0.1, 0.15) is 60.9 Å². The molecule has 0 bridgehead atoms. The second kappa shape index (κ2) is 8.73. The Balaban J connectivity index is 1.25. The molecule has 1 aromatic heterocycles. The molecule has 1 N–H and O–H groups in total. The number of hydrogen-bond acceptors (Lipinski definition) is 3. The summed E-state index contributed by atoms with van der Waals surface area (Å²) in [5, 5.41) is 2.96. The first-order valence-corrected chi connectivity index (χ1v) is 10.6. The summed E-state index contributed by atoms with van der Waals surface area (Å²) in [6, 6.07) is 12.1. The number of hydrogen-bond donors (Lipinski definition) is 1. The topological polar surface area (TPSA) is 59.1 Å². The molecule has 0 unspecified atom stereocenters. The molecule has 4 heteroatoms. The number of carbonyl (C=O) groups is 2. The van der Waals surface area contributed by atoms with Crippen LogP contribution < -0.4 is 5.32 Å². The lowest BCUT2D eigenvalue weighted by Crippen LogP contribution is -2.41. The maximum atomic E-state index is 12.7. The number of allylic oxidation sites excluding steroid dienone is 1. The number of benzene rings is 1. The predicted octanol–water partition coefficient (Wildman–Crippen LogP) is 4.24. The summed E-state index contributed by atoms with van der Waals surface area (Å²) in [7, 11) is 0. The van der Waals surface area contributed by atoms with E-state index in [2.05, 4.69) is 52.8 Å². The van der Waals surface area contributed by atoms with E-state index in [0.29, 0.717) is 18.8 Å². The molecule has 1 heterocycles. The molecule has 0 aliphatic heterocycles. The van der Waals surface area contributed by atoms with Crippen LogP contribution in [0.25, 0.3) is 6.08 Å². The lowest BCUT2D eigenvalue weighted by molar-refractivity contribution is -0.129. The second-order valence-electron chi connectivity index (χ2n) is 8.30. The first-order valence-electron chi connectivity index (χ1n) is 10.6. The Morgan fingerprint density at radius 1 is 1.21 bits per heavy atom. The second-order valence-corrected chi connectivity index (χ2v) is 8.30. The fraction of sp³-hybridized carbons (Fsp3) is 0.400. The molecule has 150 valence electrons. The zero-order valence-corrected chi connectivity index (χ0v) is 16.9. The van der Waals surface area contributed by atoms with E-state index in [1.54, 1.807) is 6.92 Å². The minimum absolute atomic E-state index is 0.00292. The Kier molecular flexibility index (Phi) is 5.89. The molecule has 1 aromatic carbocycles. The quantitative estimate of drug-likeness (QED) is 0.772. The minimum atomic E-state index is -0.444. The molecule has 4 nitrogen and oxygen atoms in total. The van der Waals surface area contributed by atoms with Gasteiger partial charge < -0.3 is 5.32 Å². The van der Waals surface area contributed by atoms with E-state index < -0.39 is 6.04 Å². The van der Waals surface area contributed by atoms with Crippen LogP contribution in [0.5, 0.6) is 0 Å². The summed E-state index contributed by atoms with van der Waals surface area (Å²) in [4.78, 5) is 29.7. The Morgan fingerprint density at radius 2 is 2.03 bits per heavy atom. The molecule has 3 atom stereocenters. The van der Waals surface area contributed by atoms with Gasteiger partial charge in [-0.3, -0.25) is 14.6 Å². The van der Waals surface area contributed by atoms with E-state index in [0.717, 1.165) is 42.5 Å². The summed E-state index contributed by atoms with van der Waals surface area (Å²) in [6.45, 7) is 1.80. The van der Waals surface area contributed by atoms with Crippen molar-refractivity contribution in [1.82, 2.24) is 10.3 Å². The van der Waals surface area contributed by atoms with Gasteiger partial charge in [0.2, 0.25) is 5.91 Å². The Morgan fingerprint density at radius 3 is 2.86 bits per heavy atom. The van der Waals surface area contributed by atoms with Crippen LogP contribution in [0.15, 0.2) is 48.7 Å². The molecule has 1 saturated carbocycles. The Labute approximate surface area is 172 Å². The summed E-state index contributed by atoms with van der Waals surface area (Å²) in [6.07, 6.45) is 10.8. The molecule has 1 fully saturated rings. The molecule has 0 spiro atoms. The SMILES string of the molecule is C[C@H](NC(=O)[C@@H]1CC[C@@H](c2ccccc2)C1)C(=O)CCc1cnc2c(c1)C=CC2. The Hall–Kier alpha value is -2.75. The van der Waals surface area contributed by atoms with Gasteiger partial charge in [-0.05, 0) is 61.3 Å². The van der Waals surface area contributed by atoms with E-state index in [-0.39, 0.29) is 17.6 Å². The molecule has 2 aliphatic carbocycles. The third-order valence-electron chi connectivity index (χ3n) is 6.25. The minimum Gasteiger partial charge on any atom is -0.346 e. The van der Waals surface area contributed by atoms with Crippen LogP contribution in [0, 0.1) is 5.92 Å². The molecular weight excluding hydrogens is 360 g/mol. The summed E-state index contributed by atoms with van der Waals surface area (Å²) >= 11 is 0. The highest BCUT2D eigenvalue weighted by atomic mass is 16.2. The van der Waals surface area contributed by atoms with Gasteiger partial charge in [0.15, 0.2) is 5.78 Å². The molecule has 4 rings (SSSR count). The van der Waals surface area contributed by atoms with Gasteiger partial charge in [-0.1, -0.05) is 42.5 Å². The fourth-order valence-corrected chi connectivity index (χ4v) is 4.45. The maximum Gasteiger partial charge on any atom is 0.223 e. The number of nitrogens with one attached hydrogen (secondary N) is 1. The molecular formula is C25H28N2O2. The Bertz CT molecular complexity index is 920. The fourth-order valence-electron chi connectivity index (χ4n) is 4.45. The normalized spacial score (nSPS) is 21.0. The van der Waals surface area contributed by atoms with Crippen molar-refractivity contribution in [1.29, 1.82) is 0 Å². The van der Waals surface area contributed by atoms with Crippen molar-refractivity contribution in [3.05, 3.63) is 71.1 Å². The van der Waals surface area contributed by atoms with Crippen LogP contribution in [-0.2, 0) is 22.4 Å². The largest absolute Gasteiger partial charge is 0.346 e. The monoisotopic (exact) mass is 388 g/mol. The zero-order valence-electron chi connectivity index (χ0n) is 16.9. The number of fused-ring (bicyclic) bond motifs is 1. The number of nitrogens with zero attached hydrogens (tertiary/aromatic N) is 1. The number of pyridine rings is 1. The number of aromatic nitrogens is 1. The standard InChI is InChI=1S/C25H28N2O2/c1-17(24(28)13-10-18-14-21-8-5-9-23(21)26-16-18)27-25(29)22-12-11-20(15-22)19-6-3-2-4-7-19/h2-8,14,16-17,20,22H,9-13,15H2,1H3,(H,27,29)/t17-,20+,22+/m0/s1. The highest BCUT2D eigenvalue weighted by Gasteiger charge is 2.31. The van der Waals surface area contributed by atoms with Gasteiger partial charge in [-0.25, -0.2) is 0 Å². The van der Waals surface area contributed by atoms with Gasteiger partial charge >= 0.3 is 0 Å². The number of aryl methyl sites for hydroxylation is 1. The molecule has 0 saturated heterocycles. The molecule has 1 amide bonds. The molecule has 0 radical (unpaired) electrons. The smallest absolute Gasteiger partial charge is 0.223 e. The van der Waals surface area contributed by atoms with Crippen molar-refractivity contribution in [3.8, 4) is 0 Å². The van der Waals surface area contributed by atoms with Crippen molar-refractivity contribution in [2.45, 2.75) is 57.4 Å². The van der Waals surface area contributed by atoms with Gasteiger partial charge in [-0.15, -0.1) is 0 Å². The molecule has 29 heavy (non-hydrogen) atoms. The highest BCUT2D eigenvalue weighted by Crippen LogP contribution is 2.38. The third-order valence-corrected chi connectivity index (χ3v) is 6.25. The van der Waals surface area contributed by atoms with Crippen molar-refractivity contribution >= 4 is 17.8 Å². The number of Topliss-reactive ketones (excluding diaryl/α,β-unsaturated/α-hetero) is 1. The molecule has 2 aromatic rings. The van der Waals surface area contributed by atoms with Crippen molar-refractivity contribution in [2.24, 2.45) is 5.92 Å². The van der Waals surface area contributed by atoms with Crippen molar-refractivity contribution in [3.63, 3.8) is 0 Å². The average molecular weight is 389 g/mol. The van der Waals surface area contributed by atoms with Crippen molar-refractivity contribution in [2.75, 3.05) is 0 Å². The van der Waals surface area contributed by atoms with E-state index in [1.165, 1.54) is 5.56 Å². The van der Waals surface area contributed by atoms with Gasteiger partial charge in [0, 0.05) is 25.0 Å². The first-order chi connectivity index (χ1) is 14.1. The van der Waals surface area contributed by atoms with E-state index in [4.69, 9.17) is 0 Å². The lowest BCUT2D eigenvalue weighted by Gasteiger charge is -2.17. The lowest BCUT2D eigenvalue weighted by atomic mass is 9.96. The predicted molar refractivity (Wildman–Crippen MR) is 114 cm³/mol. The average Bonchev–Trinajstić information content (AvgIpc) is 3.41. The first kappa shape index (κ1) is 19.6. The maximum absolute atomic E-state index is 12.7. The van der Waals surface area contributed by atoms with Crippen LogP contribution in [-0.4, -0.2) is 22.7 Å².